The first kappa shape index (κ1) is 19.4. The monoisotopic (exact) mass is 362 g/mol. The average molecular weight is 362 g/mol. The first-order valence-corrected chi connectivity index (χ1v) is 9.89. The fourth-order valence-corrected chi connectivity index (χ4v) is 3.94. The van der Waals surface area contributed by atoms with Crippen molar-refractivity contribution < 1.29 is 8.42 Å². The van der Waals surface area contributed by atoms with Gasteiger partial charge in [-0.2, -0.15) is 4.31 Å². The Kier molecular flexibility index (Phi) is 6.92. The molecule has 0 saturated carbocycles. The fourth-order valence-electron chi connectivity index (χ4n) is 2.54. The summed E-state index contributed by atoms with van der Waals surface area (Å²) in [5.41, 5.74) is 6.94. The molecular weight excluding hydrogens is 336 g/mol. The number of hydrogen-bond donors (Lipinski definition) is 1. The lowest BCUT2D eigenvalue weighted by Crippen LogP contribution is -2.38. The largest absolute Gasteiger partial charge is 0.399 e. The molecule has 2 rings (SSSR count). The minimum atomic E-state index is -3.62. The highest BCUT2D eigenvalue weighted by atomic mass is 32.2. The fraction of sp³-hybridized carbons (Fsp3) is 0.389. The van der Waals surface area contributed by atoms with Gasteiger partial charge in [0.25, 0.3) is 0 Å². The van der Waals surface area contributed by atoms with Crippen molar-refractivity contribution in [3.8, 4) is 0 Å². The average Bonchev–Trinajstić information content (AvgIpc) is 2.62. The third-order valence-corrected chi connectivity index (χ3v) is 6.00. The molecule has 25 heavy (non-hydrogen) atoms. The number of pyridine rings is 1. The maximum Gasteiger partial charge on any atom is 0.243 e. The molecule has 0 aliphatic carbocycles. The number of benzene rings is 1. The number of nitrogen functional groups attached to an aromatic ring is 1. The van der Waals surface area contributed by atoms with Gasteiger partial charge in [-0.1, -0.05) is 19.9 Å². The van der Waals surface area contributed by atoms with Crippen LogP contribution in [0.3, 0.4) is 0 Å². The third-order valence-electron chi connectivity index (χ3n) is 4.14. The molecular formula is C18H26N4O2S. The van der Waals surface area contributed by atoms with E-state index in [1.165, 1.54) is 4.31 Å². The van der Waals surface area contributed by atoms with Gasteiger partial charge in [-0.3, -0.25) is 4.98 Å². The molecule has 0 fully saturated rings. The Hall–Kier alpha value is -1.96. The smallest absolute Gasteiger partial charge is 0.243 e. The molecule has 1 heterocycles. The Balaban J connectivity index is 2.27. The molecule has 1 aromatic heterocycles. The van der Waals surface area contributed by atoms with E-state index < -0.39 is 10.0 Å². The van der Waals surface area contributed by atoms with Gasteiger partial charge in [0.2, 0.25) is 10.0 Å². The van der Waals surface area contributed by atoms with E-state index in [1.54, 1.807) is 30.5 Å². The second kappa shape index (κ2) is 8.94. The van der Waals surface area contributed by atoms with Crippen molar-refractivity contribution in [1.82, 2.24) is 14.2 Å². The summed E-state index contributed by atoms with van der Waals surface area (Å²) in [6.07, 6.45) is 1.67. The van der Waals surface area contributed by atoms with E-state index in [2.05, 4.69) is 23.7 Å². The molecule has 1 aromatic carbocycles. The highest BCUT2D eigenvalue weighted by Crippen LogP contribution is 2.19. The van der Waals surface area contributed by atoms with E-state index in [0.29, 0.717) is 18.8 Å². The minimum Gasteiger partial charge on any atom is -0.399 e. The van der Waals surface area contributed by atoms with E-state index in [1.807, 2.05) is 18.2 Å². The lowest BCUT2D eigenvalue weighted by atomic mass is 10.3. The molecule has 136 valence electrons. The Morgan fingerprint density at radius 1 is 1.00 bits per heavy atom. The molecule has 0 aliphatic rings. The van der Waals surface area contributed by atoms with E-state index >= 15 is 0 Å². The van der Waals surface area contributed by atoms with E-state index in [9.17, 15) is 8.42 Å². The highest BCUT2D eigenvalue weighted by molar-refractivity contribution is 7.89. The Bertz CT molecular complexity index is 744. The molecule has 0 bridgehead atoms. The molecule has 0 aliphatic heterocycles. The molecule has 0 saturated heterocycles. The first-order valence-electron chi connectivity index (χ1n) is 8.45. The van der Waals surface area contributed by atoms with Crippen molar-refractivity contribution in [3.05, 3.63) is 54.4 Å². The molecule has 0 radical (unpaired) electrons. The van der Waals surface area contributed by atoms with Crippen molar-refractivity contribution in [1.29, 1.82) is 0 Å². The van der Waals surface area contributed by atoms with Gasteiger partial charge in [0, 0.05) is 25.0 Å². The summed E-state index contributed by atoms with van der Waals surface area (Å²) >= 11 is 0. The van der Waals surface area contributed by atoms with Crippen molar-refractivity contribution in [2.45, 2.75) is 25.3 Å². The predicted octanol–water partition coefficient (Wildman–Crippen LogP) is 2.20. The van der Waals surface area contributed by atoms with Crippen molar-refractivity contribution in [2.24, 2.45) is 0 Å². The van der Waals surface area contributed by atoms with Gasteiger partial charge >= 0.3 is 0 Å². The number of hydrogen-bond acceptors (Lipinski definition) is 5. The van der Waals surface area contributed by atoms with Crippen LogP contribution in [0, 0.1) is 0 Å². The quantitative estimate of drug-likeness (QED) is 0.692. The van der Waals surface area contributed by atoms with Crippen LogP contribution in [0.25, 0.3) is 0 Å². The van der Waals surface area contributed by atoms with E-state index in [-0.39, 0.29) is 11.4 Å². The summed E-state index contributed by atoms with van der Waals surface area (Å²) in [7, 11) is -3.62. The summed E-state index contributed by atoms with van der Waals surface area (Å²) in [4.78, 5) is 6.71. The predicted molar refractivity (Wildman–Crippen MR) is 100 cm³/mol. The van der Waals surface area contributed by atoms with Gasteiger partial charge in [-0.15, -0.1) is 0 Å². The van der Waals surface area contributed by atoms with Crippen LogP contribution in [-0.2, 0) is 16.6 Å². The molecule has 2 aromatic rings. The van der Waals surface area contributed by atoms with Crippen LogP contribution in [-0.4, -0.2) is 48.8 Å². The topological polar surface area (TPSA) is 79.5 Å². The summed E-state index contributed by atoms with van der Waals surface area (Å²) in [5.74, 6) is 0. The zero-order chi connectivity index (χ0) is 18.3. The maximum absolute atomic E-state index is 13.1. The van der Waals surface area contributed by atoms with Gasteiger partial charge in [0.1, 0.15) is 0 Å². The Morgan fingerprint density at radius 2 is 1.68 bits per heavy atom. The SMILES string of the molecule is CCN(CC)CCN(Cc1ccccn1)S(=O)(=O)c1ccc(N)cc1. The zero-order valence-corrected chi connectivity index (χ0v) is 15.6. The van der Waals surface area contributed by atoms with Gasteiger partial charge in [0.05, 0.1) is 17.1 Å². The lowest BCUT2D eigenvalue weighted by molar-refractivity contribution is 0.268. The van der Waals surface area contributed by atoms with Gasteiger partial charge in [-0.05, 0) is 49.5 Å². The maximum atomic E-state index is 13.1. The van der Waals surface area contributed by atoms with Crippen LogP contribution < -0.4 is 5.73 Å². The van der Waals surface area contributed by atoms with Crippen molar-refractivity contribution >= 4 is 15.7 Å². The third kappa shape index (κ3) is 5.26. The normalized spacial score (nSPS) is 12.0. The Morgan fingerprint density at radius 3 is 2.24 bits per heavy atom. The summed E-state index contributed by atoms with van der Waals surface area (Å²) < 4.78 is 27.6. The van der Waals surface area contributed by atoms with Crippen LogP contribution in [0.1, 0.15) is 19.5 Å². The van der Waals surface area contributed by atoms with Crippen LogP contribution in [0.5, 0.6) is 0 Å². The lowest BCUT2D eigenvalue weighted by Gasteiger charge is -2.26. The summed E-state index contributed by atoms with van der Waals surface area (Å²) in [5, 5.41) is 0. The molecule has 7 heteroatoms. The number of likely N-dealkylation sites (N-methyl/N-ethyl adjacent to an activating group) is 1. The van der Waals surface area contributed by atoms with Gasteiger partial charge in [-0.25, -0.2) is 8.42 Å². The number of aromatic nitrogens is 1. The second-order valence-corrected chi connectivity index (χ2v) is 7.69. The zero-order valence-electron chi connectivity index (χ0n) is 14.8. The second-order valence-electron chi connectivity index (χ2n) is 5.76. The van der Waals surface area contributed by atoms with E-state index in [4.69, 9.17) is 5.73 Å². The number of nitrogens with zero attached hydrogens (tertiary/aromatic N) is 3. The number of sulfonamides is 1. The minimum absolute atomic E-state index is 0.245. The highest BCUT2D eigenvalue weighted by Gasteiger charge is 2.25. The van der Waals surface area contributed by atoms with E-state index in [0.717, 1.165) is 18.8 Å². The standard InChI is InChI=1S/C18H26N4O2S/c1-3-21(4-2)13-14-22(15-17-7-5-6-12-20-17)25(23,24)18-10-8-16(19)9-11-18/h5-12H,3-4,13-15,19H2,1-2H3. The van der Waals surface area contributed by atoms with Crippen molar-refractivity contribution in [2.75, 3.05) is 31.9 Å². The van der Waals surface area contributed by atoms with Crippen LogP contribution >= 0.6 is 0 Å². The van der Waals surface area contributed by atoms with Crippen LogP contribution in [0.4, 0.5) is 5.69 Å². The molecule has 0 unspecified atom stereocenters. The summed E-state index contributed by atoms with van der Waals surface area (Å²) in [6.45, 7) is 7.24. The van der Waals surface area contributed by atoms with Crippen molar-refractivity contribution in [3.63, 3.8) is 0 Å². The molecule has 2 N–H and O–H groups in total. The molecule has 0 spiro atoms. The van der Waals surface area contributed by atoms with Crippen LogP contribution in [0.15, 0.2) is 53.6 Å². The molecule has 6 nitrogen and oxygen atoms in total. The van der Waals surface area contributed by atoms with Gasteiger partial charge < -0.3 is 10.6 Å². The molecule has 0 atom stereocenters. The summed E-state index contributed by atoms with van der Waals surface area (Å²) in [6, 6.07) is 11.8. The molecule has 0 amide bonds. The number of anilines is 1. The Labute approximate surface area is 150 Å². The number of nitrogens with two attached hydrogens (primary N) is 1. The van der Waals surface area contributed by atoms with Crippen LogP contribution in [0.2, 0.25) is 0 Å². The first-order chi connectivity index (χ1) is 12.0. The number of rotatable bonds is 9. The van der Waals surface area contributed by atoms with Gasteiger partial charge in [0.15, 0.2) is 0 Å².